The molecule has 0 aliphatic carbocycles. The molecular weight excluding hydrogens is 410 g/mol. The van der Waals surface area contributed by atoms with Crippen LogP contribution in [0, 0.1) is 5.92 Å². The van der Waals surface area contributed by atoms with E-state index in [1.807, 2.05) is 18.3 Å². The Bertz CT molecular complexity index is 800. The van der Waals surface area contributed by atoms with Crippen LogP contribution in [0.5, 0.6) is 0 Å². The number of carbonyl (C=O) groups excluding carboxylic acids is 1. The fraction of sp³-hybridized carbons (Fsp3) is 0.565. The number of hydrogen-bond acceptors (Lipinski definition) is 6. The molecule has 7 nitrogen and oxygen atoms in total. The summed E-state index contributed by atoms with van der Waals surface area (Å²) in [6, 6.07) is 8.42. The summed E-state index contributed by atoms with van der Waals surface area (Å²) in [7, 11) is 0. The van der Waals surface area contributed by atoms with Crippen LogP contribution in [0.2, 0.25) is 0 Å². The van der Waals surface area contributed by atoms with Gasteiger partial charge in [0.05, 0.1) is 19.3 Å². The first-order valence-corrected chi connectivity index (χ1v) is 12.1. The summed E-state index contributed by atoms with van der Waals surface area (Å²) < 4.78 is 5.39. The van der Waals surface area contributed by atoms with E-state index in [2.05, 4.69) is 49.9 Å². The Morgan fingerprint density at radius 1 is 1.19 bits per heavy atom. The average molecular weight is 444 g/mol. The lowest BCUT2D eigenvalue weighted by Crippen LogP contribution is -2.44. The summed E-state index contributed by atoms with van der Waals surface area (Å²) in [5, 5.41) is 8.17. The smallest absolute Gasteiger partial charge is 0.315 e. The van der Waals surface area contributed by atoms with Gasteiger partial charge in [-0.3, -0.25) is 4.90 Å². The molecule has 2 aromatic rings. The van der Waals surface area contributed by atoms with Gasteiger partial charge >= 0.3 is 6.03 Å². The van der Waals surface area contributed by atoms with E-state index >= 15 is 0 Å². The molecule has 31 heavy (non-hydrogen) atoms. The Labute approximate surface area is 188 Å². The first-order chi connectivity index (χ1) is 15.2. The van der Waals surface area contributed by atoms with Crippen LogP contribution in [0.25, 0.3) is 0 Å². The van der Waals surface area contributed by atoms with Crippen molar-refractivity contribution >= 4 is 23.2 Å². The third-order valence-electron chi connectivity index (χ3n) is 6.18. The summed E-state index contributed by atoms with van der Waals surface area (Å²) in [6.45, 7) is 8.82. The molecule has 4 rings (SSSR count). The monoisotopic (exact) mass is 443 g/mol. The SMILES string of the molecule is CC1CCN([C@@H](CNC(=O)NCc2ccc(N3CCOCC3)nc2)c2cccs2)CC1. The molecule has 0 spiro atoms. The van der Waals surface area contributed by atoms with Gasteiger partial charge < -0.3 is 20.3 Å². The predicted octanol–water partition coefficient (Wildman–Crippen LogP) is 3.25. The molecular formula is C23H33N5O2S. The van der Waals surface area contributed by atoms with Crippen molar-refractivity contribution in [3.63, 3.8) is 0 Å². The van der Waals surface area contributed by atoms with Gasteiger partial charge in [-0.2, -0.15) is 0 Å². The maximum atomic E-state index is 12.5. The largest absolute Gasteiger partial charge is 0.378 e. The lowest BCUT2D eigenvalue weighted by molar-refractivity contribution is 0.122. The van der Waals surface area contributed by atoms with Crippen LogP contribution in [0.3, 0.4) is 0 Å². The number of morpholine rings is 1. The topological polar surface area (TPSA) is 69.7 Å². The zero-order valence-corrected chi connectivity index (χ0v) is 19.1. The maximum Gasteiger partial charge on any atom is 0.315 e. The van der Waals surface area contributed by atoms with Crippen LogP contribution in [0.4, 0.5) is 10.6 Å². The number of pyridine rings is 1. The molecule has 4 heterocycles. The molecule has 2 fully saturated rings. The third kappa shape index (κ3) is 6.18. The summed E-state index contributed by atoms with van der Waals surface area (Å²) in [5.74, 6) is 1.76. The Morgan fingerprint density at radius 2 is 2.00 bits per heavy atom. The maximum absolute atomic E-state index is 12.5. The summed E-state index contributed by atoms with van der Waals surface area (Å²) in [5.41, 5.74) is 0.993. The Balaban J connectivity index is 1.25. The van der Waals surface area contributed by atoms with Gasteiger partial charge in [0.1, 0.15) is 5.82 Å². The van der Waals surface area contributed by atoms with E-state index in [9.17, 15) is 4.79 Å². The van der Waals surface area contributed by atoms with Crippen molar-refractivity contribution in [2.24, 2.45) is 5.92 Å². The van der Waals surface area contributed by atoms with Gasteiger partial charge in [-0.05, 0) is 54.9 Å². The molecule has 1 atom stereocenters. The van der Waals surface area contributed by atoms with E-state index in [-0.39, 0.29) is 12.1 Å². The van der Waals surface area contributed by atoms with Crippen LogP contribution in [0.15, 0.2) is 35.8 Å². The number of nitrogens with zero attached hydrogens (tertiary/aromatic N) is 3. The number of likely N-dealkylation sites (tertiary alicyclic amines) is 1. The van der Waals surface area contributed by atoms with Gasteiger partial charge in [0.2, 0.25) is 0 Å². The highest BCUT2D eigenvalue weighted by atomic mass is 32.1. The molecule has 0 saturated carbocycles. The van der Waals surface area contributed by atoms with E-state index in [1.54, 1.807) is 11.3 Å². The van der Waals surface area contributed by atoms with Crippen molar-refractivity contribution in [3.8, 4) is 0 Å². The van der Waals surface area contributed by atoms with Crippen LogP contribution >= 0.6 is 11.3 Å². The Morgan fingerprint density at radius 3 is 2.68 bits per heavy atom. The summed E-state index contributed by atoms with van der Waals surface area (Å²) >= 11 is 1.77. The van der Waals surface area contributed by atoms with Crippen LogP contribution in [-0.2, 0) is 11.3 Å². The number of carbonyl (C=O) groups is 1. The predicted molar refractivity (Wildman–Crippen MR) is 125 cm³/mol. The van der Waals surface area contributed by atoms with E-state index < -0.39 is 0 Å². The van der Waals surface area contributed by atoms with Gasteiger partial charge in [-0.25, -0.2) is 9.78 Å². The molecule has 0 aromatic carbocycles. The number of rotatable bonds is 7. The normalized spacial score (nSPS) is 19.2. The van der Waals surface area contributed by atoms with E-state index in [0.717, 1.165) is 56.7 Å². The second kappa shape index (κ2) is 10.9. The molecule has 2 aliphatic heterocycles. The van der Waals surface area contributed by atoms with Crippen LogP contribution in [0.1, 0.15) is 36.2 Å². The second-order valence-corrected chi connectivity index (χ2v) is 9.42. The summed E-state index contributed by atoms with van der Waals surface area (Å²) in [4.78, 5) is 23.1. The molecule has 0 bridgehead atoms. The van der Waals surface area contributed by atoms with Crippen molar-refractivity contribution in [1.29, 1.82) is 0 Å². The molecule has 0 unspecified atom stereocenters. The van der Waals surface area contributed by atoms with Crippen molar-refractivity contribution in [2.45, 2.75) is 32.4 Å². The van der Waals surface area contributed by atoms with Gasteiger partial charge in [0.15, 0.2) is 0 Å². The van der Waals surface area contributed by atoms with Crippen molar-refractivity contribution < 1.29 is 9.53 Å². The molecule has 2 amide bonds. The van der Waals surface area contributed by atoms with Crippen molar-refractivity contribution in [3.05, 3.63) is 46.3 Å². The minimum Gasteiger partial charge on any atom is -0.378 e. The van der Waals surface area contributed by atoms with Crippen molar-refractivity contribution in [1.82, 2.24) is 20.5 Å². The highest BCUT2D eigenvalue weighted by molar-refractivity contribution is 7.10. The molecule has 0 radical (unpaired) electrons. The number of ether oxygens (including phenoxy) is 1. The Hall–Kier alpha value is -2.16. The van der Waals surface area contributed by atoms with Gasteiger partial charge in [0.25, 0.3) is 0 Å². The molecule has 8 heteroatoms. The molecule has 168 valence electrons. The third-order valence-corrected chi connectivity index (χ3v) is 7.16. The fourth-order valence-electron chi connectivity index (χ4n) is 4.17. The minimum absolute atomic E-state index is 0.135. The molecule has 2 aromatic heterocycles. The highest BCUT2D eigenvalue weighted by Crippen LogP contribution is 2.29. The number of piperidine rings is 1. The number of thiophene rings is 1. The number of aromatic nitrogens is 1. The molecule has 2 N–H and O–H groups in total. The highest BCUT2D eigenvalue weighted by Gasteiger charge is 2.25. The molecule has 2 aliphatic rings. The fourth-order valence-corrected chi connectivity index (χ4v) is 5.03. The lowest BCUT2D eigenvalue weighted by Gasteiger charge is -2.36. The quantitative estimate of drug-likeness (QED) is 0.688. The van der Waals surface area contributed by atoms with Gasteiger partial charge in [-0.15, -0.1) is 11.3 Å². The Kier molecular flexibility index (Phi) is 7.77. The van der Waals surface area contributed by atoms with E-state index in [0.29, 0.717) is 13.1 Å². The van der Waals surface area contributed by atoms with Crippen LogP contribution < -0.4 is 15.5 Å². The zero-order chi connectivity index (χ0) is 21.5. The first-order valence-electron chi connectivity index (χ1n) is 11.3. The standard InChI is InChI=1S/C23H33N5O2S/c1-18-6-8-27(9-7-18)20(21-3-2-14-31-21)17-26-23(29)25-16-19-4-5-22(24-15-19)28-10-12-30-13-11-28/h2-5,14-15,18,20H,6-13,16-17H2,1H3,(H2,25,26,29)/t20-/m0/s1. The van der Waals surface area contributed by atoms with Crippen LogP contribution in [-0.4, -0.2) is 61.9 Å². The summed E-state index contributed by atoms with van der Waals surface area (Å²) in [6.07, 6.45) is 4.29. The van der Waals surface area contributed by atoms with Gasteiger partial charge in [0, 0.05) is 37.3 Å². The second-order valence-electron chi connectivity index (χ2n) is 8.44. The lowest BCUT2D eigenvalue weighted by atomic mass is 9.97. The van der Waals surface area contributed by atoms with Crippen molar-refractivity contribution in [2.75, 3.05) is 50.8 Å². The van der Waals surface area contributed by atoms with E-state index in [4.69, 9.17) is 4.74 Å². The first kappa shape index (κ1) is 22.0. The zero-order valence-electron chi connectivity index (χ0n) is 18.3. The number of hydrogen-bond donors (Lipinski definition) is 2. The number of nitrogens with one attached hydrogen (secondary N) is 2. The number of amides is 2. The molecule has 2 saturated heterocycles. The van der Waals surface area contributed by atoms with E-state index in [1.165, 1.54) is 17.7 Å². The minimum atomic E-state index is -0.135. The number of anilines is 1. The number of urea groups is 1. The van der Waals surface area contributed by atoms with Gasteiger partial charge in [-0.1, -0.05) is 19.1 Å². The average Bonchev–Trinajstić information content (AvgIpc) is 3.34.